The number of aromatic nitrogens is 2. The van der Waals surface area contributed by atoms with Crippen molar-refractivity contribution in [3.63, 3.8) is 0 Å². The predicted molar refractivity (Wildman–Crippen MR) is 119 cm³/mol. The molecule has 2 aromatic carbocycles. The molecule has 0 aliphatic carbocycles. The van der Waals surface area contributed by atoms with E-state index in [4.69, 9.17) is 5.73 Å². The van der Waals surface area contributed by atoms with E-state index in [9.17, 15) is 22.8 Å². The Hall–Kier alpha value is -4.12. The molecule has 3 amide bonds. The maximum Gasteiger partial charge on any atom is 0.324 e. The third-order valence-electron chi connectivity index (χ3n) is 4.58. The zero-order valence-electron chi connectivity index (χ0n) is 16.8. The van der Waals surface area contributed by atoms with Gasteiger partial charge >= 0.3 is 6.03 Å². The van der Waals surface area contributed by atoms with Crippen molar-refractivity contribution in [3.8, 4) is 16.9 Å². The summed E-state index contributed by atoms with van der Waals surface area (Å²) in [5, 5.41) is 13.0. The van der Waals surface area contributed by atoms with Gasteiger partial charge in [0.25, 0.3) is 0 Å². The third kappa shape index (κ3) is 4.88. The van der Waals surface area contributed by atoms with E-state index in [2.05, 4.69) is 15.7 Å². The minimum absolute atomic E-state index is 0.0190. The number of amides is 3. The van der Waals surface area contributed by atoms with Crippen molar-refractivity contribution in [1.29, 1.82) is 0 Å². The molecule has 11 heteroatoms. The Bertz CT molecular complexity index is 1340. The summed E-state index contributed by atoms with van der Waals surface area (Å²) in [4.78, 5) is 23.8. The molecule has 0 bridgehead atoms. The molecule has 2 aromatic heterocycles. The van der Waals surface area contributed by atoms with E-state index < -0.39 is 35.1 Å². The van der Waals surface area contributed by atoms with E-state index in [1.54, 1.807) is 30.3 Å². The first kappa shape index (κ1) is 22.1. The lowest BCUT2D eigenvalue weighted by molar-refractivity contribution is -0.117. The number of hydrogen-bond acceptors (Lipinski definition) is 4. The molecule has 0 aliphatic rings. The molecule has 4 rings (SSSR count). The lowest BCUT2D eigenvalue weighted by atomic mass is 10.1. The van der Waals surface area contributed by atoms with Crippen LogP contribution in [-0.4, -0.2) is 21.7 Å². The van der Waals surface area contributed by atoms with E-state index in [1.807, 2.05) is 16.8 Å². The normalized spacial score (nSPS) is 10.8. The summed E-state index contributed by atoms with van der Waals surface area (Å²) in [5.74, 6) is -4.86. The van der Waals surface area contributed by atoms with Gasteiger partial charge < -0.3 is 11.1 Å². The Kier molecular flexibility index (Phi) is 6.13. The molecular formula is C22H16F3N5O2S. The fraction of sp³-hybridized carbons (Fsp3) is 0.0455. The third-order valence-corrected chi connectivity index (χ3v) is 5.27. The van der Waals surface area contributed by atoms with Gasteiger partial charge in [0.15, 0.2) is 17.5 Å². The van der Waals surface area contributed by atoms with E-state index in [0.717, 1.165) is 11.6 Å². The highest BCUT2D eigenvalue weighted by atomic mass is 32.1. The number of nitrogens with zero attached hydrogens (tertiary/aromatic N) is 2. The summed E-state index contributed by atoms with van der Waals surface area (Å²) < 4.78 is 42.0. The van der Waals surface area contributed by atoms with Crippen molar-refractivity contribution in [3.05, 3.63) is 82.3 Å². The van der Waals surface area contributed by atoms with Crippen LogP contribution >= 0.6 is 11.3 Å². The second kappa shape index (κ2) is 9.17. The molecule has 0 radical (unpaired) electrons. The first-order valence-corrected chi connectivity index (χ1v) is 10.5. The van der Waals surface area contributed by atoms with Crippen molar-refractivity contribution < 1.29 is 22.8 Å². The molecule has 2 heterocycles. The van der Waals surface area contributed by atoms with Crippen LogP contribution in [0.5, 0.6) is 0 Å². The Labute approximate surface area is 189 Å². The Morgan fingerprint density at radius 2 is 1.85 bits per heavy atom. The van der Waals surface area contributed by atoms with Gasteiger partial charge in [-0.3, -0.25) is 10.1 Å². The smallest absolute Gasteiger partial charge is 0.324 e. The number of hydrogen-bond donors (Lipinski definition) is 3. The van der Waals surface area contributed by atoms with Crippen molar-refractivity contribution in [2.24, 2.45) is 5.73 Å². The molecule has 0 saturated heterocycles. The van der Waals surface area contributed by atoms with Crippen LogP contribution in [0.4, 0.5) is 29.5 Å². The number of thiophene rings is 1. The zero-order chi connectivity index (χ0) is 23.5. The van der Waals surface area contributed by atoms with Gasteiger partial charge in [0.1, 0.15) is 5.82 Å². The molecule has 0 aliphatic heterocycles. The average molecular weight is 471 g/mol. The van der Waals surface area contributed by atoms with E-state index in [0.29, 0.717) is 23.0 Å². The number of carbonyl (C=O) groups is 2. The van der Waals surface area contributed by atoms with Gasteiger partial charge in [0, 0.05) is 17.0 Å². The number of rotatable bonds is 6. The van der Waals surface area contributed by atoms with E-state index in [1.165, 1.54) is 16.0 Å². The van der Waals surface area contributed by atoms with Crippen molar-refractivity contribution in [2.75, 3.05) is 10.6 Å². The molecule has 7 nitrogen and oxygen atoms in total. The molecule has 0 saturated carbocycles. The van der Waals surface area contributed by atoms with Gasteiger partial charge in [0.05, 0.1) is 23.5 Å². The minimum Gasteiger partial charge on any atom is -0.369 e. The predicted octanol–water partition coefficient (Wildman–Crippen LogP) is 4.69. The summed E-state index contributed by atoms with van der Waals surface area (Å²) in [7, 11) is 0. The molecule has 0 spiro atoms. The van der Waals surface area contributed by atoms with Crippen LogP contribution in [0.1, 0.15) is 5.56 Å². The van der Waals surface area contributed by atoms with Crippen LogP contribution in [0.2, 0.25) is 0 Å². The Morgan fingerprint density at radius 3 is 2.58 bits per heavy atom. The van der Waals surface area contributed by atoms with Crippen LogP contribution in [0.25, 0.3) is 16.9 Å². The minimum atomic E-state index is -1.69. The van der Waals surface area contributed by atoms with Gasteiger partial charge in [0.2, 0.25) is 5.91 Å². The molecule has 4 N–H and O–H groups in total. The number of carbonyl (C=O) groups excluding carboxylic acids is 2. The number of urea groups is 1. The first-order chi connectivity index (χ1) is 15.8. The maximum atomic E-state index is 13.9. The molecule has 168 valence electrons. The maximum absolute atomic E-state index is 13.9. The Balaban J connectivity index is 1.67. The largest absolute Gasteiger partial charge is 0.369 e. The van der Waals surface area contributed by atoms with Gasteiger partial charge in [-0.05, 0) is 41.3 Å². The number of nitrogens with one attached hydrogen (secondary N) is 2. The highest BCUT2D eigenvalue weighted by Gasteiger charge is 2.18. The van der Waals surface area contributed by atoms with Gasteiger partial charge in [-0.25, -0.2) is 22.6 Å². The average Bonchev–Trinajstić information content (AvgIpc) is 3.44. The summed E-state index contributed by atoms with van der Waals surface area (Å²) >= 11 is 1.47. The van der Waals surface area contributed by atoms with Gasteiger partial charge in [-0.2, -0.15) is 16.4 Å². The highest BCUT2D eigenvalue weighted by molar-refractivity contribution is 7.08. The Morgan fingerprint density at radius 1 is 1.03 bits per heavy atom. The zero-order valence-corrected chi connectivity index (χ0v) is 17.6. The number of nitrogens with two attached hydrogens (primary N) is 1. The summed E-state index contributed by atoms with van der Waals surface area (Å²) in [5.41, 5.74) is 7.28. The monoisotopic (exact) mass is 471 g/mol. The SMILES string of the molecule is NC(=O)Cc1cccc(-n2nc(-c3ccsc3)cc2NC(=O)Nc2ccc(F)c(F)c2F)c1. The topological polar surface area (TPSA) is 102 Å². The van der Waals surface area contributed by atoms with Crippen molar-refractivity contribution in [2.45, 2.75) is 6.42 Å². The number of anilines is 2. The summed E-state index contributed by atoms with van der Waals surface area (Å²) in [6.45, 7) is 0. The molecule has 0 atom stereocenters. The van der Waals surface area contributed by atoms with Crippen LogP contribution in [0, 0.1) is 17.5 Å². The van der Waals surface area contributed by atoms with Crippen molar-refractivity contribution >= 4 is 34.8 Å². The number of benzene rings is 2. The standard InChI is InChI=1S/C22H16F3N5O2S/c23-15-4-5-16(21(25)20(15)24)27-22(32)28-19-10-17(13-6-7-33-11-13)29-30(19)14-3-1-2-12(8-14)9-18(26)31/h1-8,10-11H,9H2,(H2,26,31)(H2,27,28,32). The van der Waals surface area contributed by atoms with Crippen LogP contribution in [-0.2, 0) is 11.2 Å². The second-order valence-electron chi connectivity index (χ2n) is 6.95. The van der Waals surface area contributed by atoms with Gasteiger partial charge in [-0.1, -0.05) is 12.1 Å². The highest BCUT2D eigenvalue weighted by Crippen LogP contribution is 2.27. The number of primary amides is 1. The van der Waals surface area contributed by atoms with E-state index in [-0.39, 0.29) is 12.2 Å². The molecular weight excluding hydrogens is 455 g/mol. The van der Waals surface area contributed by atoms with Crippen LogP contribution < -0.4 is 16.4 Å². The molecule has 0 unspecified atom stereocenters. The second-order valence-corrected chi connectivity index (χ2v) is 7.73. The van der Waals surface area contributed by atoms with Gasteiger partial charge in [-0.15, -0.1) is 0 Å². The lowest BCUT2D eigenvalue weighted by Gasteiger charge is -2.11. The summed E-state index contributed by atoms with van der Waals surface area (Å²) in [6, 6.07) is 11.0. The van der Waals surface area contributed by atoms with Crippen molar-refractivity contribution in [1.82, 2.24) is 9.78 Å². The fourth-order valence-corrected chi connectivity index (χ4v) is 3.76. The summed E-state index contributed by atoms with van der Waals surface area (Å²) in [6.07, 6.45) is 0.0190. The quantitative estimate of drug-likeness (QED) is 0.356. The molecule has 0 fully saturated rings. The molecule has 4 aromatic rings. The van der Waals surface area contributed by atoms with Crippen LogP contribution in [0.15, 0.2) is 59.3 Å². The lowest BCUT2D eigenvalue weighted by Crippen LogP contribution is -2.22. The van der Waals surface area contributed by atoms with E-state index >= 15 is 0 Å². The fourth-order valence-electron chi connectivity index (χ4n) is 3.11. The number of halogens is 3. The van der Waals surface area contributed by atoms with Crippen LogP contribution in [0.3, 0.4) is 0 Å². The first-order valence-electron chi connectivity index (χ1n) is 9.53. The molecule has 33 heavy (non-hydrogen) atoms.